The first-order chi connectivity index (χ1) is 25.8. The SMILES string of the molecule is c1ccc(N(c2ccccc2)c2ccc3c(c2)sc2cc(-c4cccc5c4[nH]c4ccc(N(c6ccccc6)c6ccccc6)cc45)ccc23)cc1. The number of nitrogens with zero attached hydrogens (tertiary/aromatic N) is 2. The van der Waals surface area contributed by atoms with Crippen molar-refractivity contribution in [1.29, 1.82) is 0 Å². The highest BCUT2D eigenvalue weighted by Crippen LogP contribution is 2.43. The molecule has 2 heterocycles. The Bertz CT molecular complexity index is 2760. The van der Waals surface area contributed by atoms with Gasteiger partial charge in [0, 0.05) is 76.1 Å². The van der Waals surface area contributed by atoms with Crippen molar-refractivity contribution in [2.45, 2.75) is 0 Å². The van der Waals surface area contributed by atoms with Gasteiger partial charge in [0.25, 0.3) is 0 Å². The van der Waals surface area contributed by atoms with E-state index in [-0.39, 0.29) is 0 Å². The third kappa shape index (κ3) is 5.20. The maximum Gasteiger partial charge on any atom is 0.0544 e. The second-order valence-electron chi connectivity index (χ2n) is 13.1. The Morgan fingerprint density at radius 1 is 0.346 bits per heavy atom. The lowest BCUT2D eigenvalue weighted by Gasteiger charge is -2.25. The smallest absolute Gasteiger partial charge is 0.0544 e. The van der Waals surface area contributed by atoms with Crippen LogP contribution in [0.2, 0.25) is 0 Å². The molecule has 0 aliphatic heterocycles. The fraction of sp³-hybridized carbons (Fsp3) is 0. The van der Waals surface area contributed by atoms with Gasteiger partial charge in [-0.3, -0.25) is 0 Å². The van der Waals surface area contributed by atoms with Crippen LogP contribution in [0.3, 0.4) is 0 Å². The third-order valence-electron chi connectivity index (χ3n) is 9.96. The van der Waals surface area contributed by atoms with Crippen molar-refractivity contribution in [3.05, 3.63) is 194 Å². The molecular formula is C48H33N3S. The van der Waals surface area contributed by atoms with Crippen LogP contribution in [-0.4, -0.2) is 4.98 Å². The fourth-order valence-corrected chi connectivity index (χ4v) is 8.74. The average Bonchev–Trinajstić information content (AvgIpc) is 3.77. The number of aromatic amines is 1. The summed E-state index contributed by atoms with van der Waals surface area (Å²) < 4.78 is 2.56. The molecule has 0 aliphatic carbocycles. The molecular weight excluding hydrogens is 651 g/mol. The van der Waals surface area contributed by atoms with E-state index in [2.05, 4.69) is 209 Å². The van der Waals surface area contributed by atoms with Crippen molar-refractivity contribution >= 4 is 87.4 Å². The highest BCUT2D eigenvalue weighted by Gasteiger charge is 2.17. The minimum Gasteiger partial charge on any atom is -0.354 e. The standard InChI is InChI=1S/C48H33N3S/c1-5-14-34(15-6-1)50(35-16-7-2-8-17-35)38-26-29-45-44(31-38)43-23-13-22-40(48(43)49-45)33-24-27-41-42-28-25-39(32-47(42)52-46(41)30-33)51(36-18-9-3-10-19-36)37-20-11-4-12-21-37/h1-32,49H. The van der Waals surface area contributed by atoms with E-state index in [1.165, 1.54) is 42.1 Å². The van der Waals surface area contributed by atoms with Gasteiger partial charge in [-0.1, -0.05) is 109 Å². The normalized spacial score (nSPS) is 11.5. The van der Waals surface area contributed by atoms with E-state index in [0.717, 1.165) is 45.2 Å². The predicted molar refractivity (Wildman–Crippen MR) is 223 cm³/mol. The maximum absolute atomic E-state index is 3.80. The molecule has 0 aliphatic rings. The molecule has 52 heavy (non-hydrogen) atoms. The van der Waals surface area contributed by atoms with Crippen molar-refractivity contribution in [1.82, 2.24) is 4.98 Å². The van der Waals surface area contributed by atoms with E-state index in [4.69, 9.17) is 0 Å². The lowest BCUT2D eigenvalue weighted by Crippen LogP contribution is -2.09. The van der Waals surface area contributed by atoms with Crippen LogP contribution in [0.5, 0.6) is 0 Å². The first-order valence-electron chi connectivity index (χ1n) is 17.6. The second kappa shape index (κ2) is 12.6. The number of rotatable bonds is 7. The van der Waals surface area contributed by atoms with Crippen LogP contribution in [0.25, 0.3) is 53.1 Å². The van der Waals surface area contributed by atoms with Gasteiger partial charge in [0.15, 0.2) is 0 Å². The second-order valence-corrected chi connectivity index (χ2v) is 14.2. The summed E-state index contributed by atoms with van der Waals surface area (Å²) >= 11 is 1.86. The zero-order valence-electron chi connectivity index (χ0n) is 28.3. The first-order valence-corrected chi connectivity index (χ1v) is 18.4. The minimum absolute atomic E-state index is 1.13. The fourth-order valence-electron chi connectivity index (χ4n) is 7.56. The summed E-state index contributed by atoms with van der Waals surface area (Å²) in [6, 6.07) is 69.6. The molecule has 1 N–H and O–H groups in total. The van der Waals surface area contributed by atoms with Crippen molar-refractivity contribution in [2.75, 3.05) is 9.80 Å². The largest absolute Gasteiger partial charge is 0.354 e. The molecule has 0 spiro atoms. The molecule has 0 saturated carbocycles. The molecule has 0 unspecified atom stereocenters. The summed E-state index contributed by atoms with van der Waals surface area (Å²) in [5.41, 5.74) is 11.5. The van der Waals surface area contributed by atoms with Crippen LogP contribution in [0.4, 0.5) is 34.1 Å². The molecule has 10 rings (SSSR count). The number of fused-ring (bicyclic) bond motifs is 6. The Morgan fingerprint density at radius 3 is 1.42 bits per heavy atom. The van der Waals surface area contributed by atoms with Crippen LogP contribution >= 0.6 is 11.3 Å². The van der Waals surface area contributed by atoms with E-state index >= 15 is 0 Å². The van der Waals surface area contributed by atoms with Gasteiger partial charge in [-0.2, -0.15) is 0 Å². The molecule has 0 saturated heterocycles. The van der Waals surface area contributed by atoms with Crippen molar-refractivity contribution in [3.8, 4) is 11.1 Å². The zero-order valence-corrected chi connectivity index (χ0v) is 29.1. The molecule has 2 aromatic heterocycles. The molecule has 4 heteroatoms. The van der Waals surface area contributed by atoms with Gasteiger partial charge in [-0.15, -0.1) is 11.3 Å². The molecule has 0 radical (unpaired) electrons. The van der Waals surface area contributed by atoms with Gasteiger partial charge in [0.2, 0.25) is 0 Å². The molecule has 0 amide bonds. The van der Waals surface area contributed by atoms with Gasteiger partial charge in [0.05, 0.1) is 5.52 Å². The first kappa shape index (κ1) is 30.2. The molecule has 0 bridgehead atoms. The van der Waals surface area contributed by atoms with Crippen molar-refractivity contribution < 1.29 is 0 Å². The number of hydrogen-bond acceptors (Lipinski definition) is 3. The van der Waals surface area contributed by atoms with E-state index in [0.29, 0.717) is 0 Å². The van der Waals surface area contributed by atoms with Gasteiger partial charge < -0.3 is 14.8 Å². The molecule has 0 fully saturated rings. The lowest BCUT2D eigenvalue weighted by atomic mass is 10.0. The molecule has 10 aromatic rings. The van der Waals surface area contributed by atoms with Gasteiger partial charge >= 0.3 is 0 Å². The number of thiophene rings is 1. The van der Waals surface area contributed by atoms with Crippen LogP contribution in [0.1, 0.15) is 0 Å². The van der Waals surface area contributed by atoms with Crippen LogP contribution in [0.15, 0.2) is 194 Å². The Morgan fingerprint density at radius 2 is 0.846 bits per heavy atom. The van der Waals surface area contributed by atoms with Crippen LogP contribution < -0.4 is 9.80 Å². The van der Waals surface area contributed by atoms with Crippen molar-refractivity contribution in [3.63, 3.8) is 0 Å². The number of benzene rings is 8. The number of para-hydroxylation sites is 5. The number of H-pyrrole nitrogens is 1. The average molecular weight is 684 g/mol. The van der Waals surface area contributed by atoms with E-state index < -0.39 is 0 Å². The number of aromatic nitrogens is 1. The number of nitrogens with one attached hydrogen (secondary N) is 1. The van der Waals surface area contributed by atoms with Crippen molar-refractivity contribution in [2.24, 2.45) is 0 Å². The molecule has 8 aromatic carbocycles. The summed E-state index contributed by atoms with van der Waals surface area (Å²) in [5, 5.41) is 5.01. The number of hydrogen-bond donors (Lipinski definition) is 1. The third-order valence-corrected chi connectivity index (χ3v) is 11.1. The minimum atomic E-state index is 1.13. The Labute approximate surface area is 306 Å². The Hall–Kier alpha value is -6.62. The highest BCUT2D eigenvalue weighted by molar-refractivity contribution is 7.25. The van der Waals surface area contributed by atoms with Gasteiger partial charge in [0.1, 0.15) is 0 Å². The van der Waals surface area contributed by atoms with E-state index in [1.54, 1.807) is 0 Å². The van der Waals surface area contributed by atoms with Crippen LogP contribution in [-0.2, 0) is 0 Å². The number of anilines is 6. The highest BCUT2D eigenvalue weighted by atomic mass is 32.1. The lowest BCUT2D eigenvalue weighted by molar-refractivity contribution is 1.29. The molecule has 0 atom stereocenters. The van der Waals surface area contributed by atoms with Crippen LogP contribution in [0, 0.1) is 0 Å². The summed E-state index contributed by atoms with van der Waals surface area (Å²) in [4.78, 5) is 8.45. The van der Waals surface area contributed by atoms with E-state index in [9.17, 15) is 0 Å². The van der Waals surface area contributed by atoms with Gasteiger partial charge in [-0.05, 0) is 90.5 Å². The summed E-state index contributed by atoms with van der Waals surface area (Å²) in [6.45, 7) is 0. The quantitative estimate of drug-likeness (QED) is 0.181. The van der Waals surface area contributed by atoms with E-state index in [1.807, 2.05) is 11.3 Å². The summed E-state index contributed by atoms with van der Waals surface area (Å²) in [7, 11) is 0. The Balaban J connectivity index is 1.06. The Kier molecular flexibility index (Phi) is 7.33. The molecule has 246 valence electrons. The summed E-state index contributed by atoms with van der Waals surface area (Å²) in [5.74, 6) is 0. The zero-order chi connectivity index (χ0) is 34.4. The predicted octanol–water partition coefficient (Wildman–Crippen LogP) is 14.3. The summed E-state index contributed by atoms with van der Waals surface area (Å²) in [6.07, 6.45) is 0. The topological polar surface area (TPSA) is 22.3 Å². The van der Waals surface area contributed by atoms with Gasteiger partial charge in [-0.25, -0.2) is 0 Å². The molecule has 3 nitrogen and oxygen atoms in total. The maximum atomic E-state index is 3.80. The monoisotopic (exact) mass is 683 g/mol.